The Labute approximate surface area is 196 Å². The highest BCUT2D eigenvalue weighted by molar-refractivity contribution is 6.32. The topological polar surface area (TPSA) is 69.2 Å². The molecule has 3 aromatic carbocycles. The first-order chi connectivity index (χ1) is 15.5. The van der Waals surface area contributed by atoms with E-state index in [-0.39, 0.29) is 12.3 Å². The normalized spacial score (nSPS) is 10.8. The number of methoxy groups -OCH3 is 2. The summed E-state index contributed by atoms with van der Waals surface area (Å²) in [6.07, 6.45) is 1.69. The van der Waals surface area contributed by atoms with Gasteiger partial charge in [-0.3, -0.25) is 4.79 Å². The maximum atomic E-state index is 12.1. The molecule has 8 heteroatoms. The van der Waals surface area contributed by atoms with E-state index in [1.807, 2.05) is 24.3 Å². The Balaban J connectivity index is 1.60. The molecule has 0 bridgehead atoms. The molecule has 0 heterocycles. The Morgan fingerprint density at radius 1 is 0.969 bits per heavy atom. The summed E-state index contributed by atoms with van der Waals surface area (Å²) in [4.78, 5) is 12.1. The van der Waals surface area contributed by atoms with Crippen LogP contribution in [0.3, 0.4) is 0 Å². The summed E-state index contributed by atoms with van der Waals surface area (Å²) in [5, 5.41) is 5.02. The Bertz CT molecular complexity index is 1080. The lowest BCUT2D eigenvalue weighted by Gasteiger charge is -2.13. The summed E-state index contributed by atoms with van der Waals surface area (Å²) in [5.41, 5.74) is 4.95. The fourth-order valence-electron chi connectivity index (χ4n) is 2.84. The molecule has 0 spiro atoms. The summed E-state index contributed by atoms with van der Waals surface area (Å²) in [6.45, 7) is 0.308. The van der Waals surface area contributed by atoms with Crippen LogP contribution < -0.4 is 19.6 Å². The smallest absolute Gasteiger partial charge is 0.244 e. The number of nitrogens with one attached hydrogen (secondary N) is 1. The van der Waals surface area contributed by atoms with Gasteiger partial charge in [-0.05, 0) is 53.1 Å². The first kappa shape index (κ1) is 23.4. The average Bonchev–Trinajstić information content (AvgIpc) is 2.79. The van der Waals surface area contributed by atoms with Crippen LogP contribution in [0.15, 0.2) is 65.8 Å². The van der Waals surface area contributed by atoms with E-state index in [1.54, 1.807) is 43.5 Å². The van der Waals surface area contributed by atoms with Crippen molar-refractivity contribution in [1.29, 1.82) is 0 Å². The lowest BCUT2D eigenvalue weighted by Crippen LogP contribution is -2.19. The molecule has 3 rings (SSSR count). The molecule has 1 N–H and O–H groups in total. The quantitative estimate of drug-likeness (QED) is 0.339. The van der Waals surface area contributed by atoms with E-state index in [0.717, 1.165) is 16.9 Å². The molecule has 1 amide bonds. The van der Waals surface area contributed by atoms with Gasteiger partial charge in [0.2, 0.25) is 5.91 Å². The third kappa shape index (κ3) is 6.64. The standard InChI is InChI=1S/C24H22Cl2N2O4/c1-30-20-9-5-16(6-10-20)13-23(29)28-27-14-18-11-21(26)24(22(12-18)31-2)32-15-17-3-7-19(25)8-4-17/h3-12,14H,13,15H2,1-2H3,(H,28,29)/b27-14-. The second-order valence-corrected chi connectivity index (χ2v) is 7.61. The predicted octanol–water partition coefficient (Wildman–Crippen LogP) is 5.28. The predicted molar refractivity (Wildman–Crippen MR) is 126 cm³/mol. The van der Waals surface area contributed by atoms with Crippen molar-refractivity contribution in [3.63, 3.8) is 0 Å². The second kappa shape index (κ2) is 11.4. The van der Waals surface area contributed by atoms with Crippen LogP contribution in [-0.2, 0) is 17.8 Å². The van der Waals surface area contributed by atoms with Gasteiger partial charge in [0, 0.05) is 5.02 Å². The zero-order chi connectivity index (χ0) is 22.9. The SMILES string of the molecule is COc1ccc(CC(=O)N/N=C\c2cc(Cl)c(OCc3ccc(Cl)cc3)c(OC)c2)cc1. The van der Waals surface area contributed by atoms with Gasteiger partial charge in [0.05, 0.1) is 31.9 Å². The van der Waals surface area contributed by atoms with Gasteiger partial charge < -0.3 is 14.2 Å². The second-order valence-electron chi connectivity index (χ2n) is 6.77. The third-order valence-electron chi connectivity index (χ3n) is 4.47. The van der Waals surface area contributed by atoms with Gasteiger partial charge in [0.15, 0.2) is 11.5 Å². The van der Waals surface area contributed by atoms with Crippen LogP contribution in [0.25, 0.3) is 0 Å². The van der Waals surface area contributed by atoms with Crippen molar-refractivity contribution in [2.75, 3.05) is 14.2 Å². The van der Waals surface area contributed by atoms with Gasteiger partial charge in [-0.25, -0.2) is 5.43 Å². The van der Waals surface area contributed by atoms with E-state index in [4.69, 9.17) is 37.4 Å². The van der Waals surface area contributed by atoms with Crippen LogP contribution in [0.5, 0.6) is 17.2 Å². The van der Waals surface area contributed by atoms with Crippen molar-refractivity contribution >= 4 is 35.3 Å². The lowest BCUT2D eigenvalue weighted by molar-refractivity contribution is -0.120. The highest BCUT2D eigenvalue weighted by Gasteiger charge is 2.12. The zero-order valence-electron chi connectivity index (χ0n) is 17.6. The number of ether oxygens (including phenoxy) is 3. The molecule has 0 atom stereocenters. The van der Waals surface area contributed by atoms with Gasteiger partial charge >= 0.3 is 0 Å². The minimum absolute atomic E-state index is 0.197. The maximum Gasteiger partial charge on any atom is 0.244 e. The molecule has 0 aliphatic rings. The fourth-order valence-corrected chi connectivity index (χ4v) is 3.24. The molecule has 0 aliphatic carbocycles. The van der Waals surface area contributed by atoms with Crippen LogP contribution >= 0.6 is 23.2 Å². The summed E-state index contributed by atoms with van der Waals surface area (Å²) < 4.78 is 16.4. The van der Waals surface area contributed by atoms with Crippen molar-refractivity contribution in [1.82, 2.24) is 5.43 Å². The van der Waals surface area contributed by atoms with Crippen molar-refractivity contribution in [2.45, 2.75) is 13.0 Å². The molecular formula is C24H22Cl2N2O4. The number of hydrazone groups is 1. The van der Waals surface area contributed by atoms with Gasteiger partial charge in [0.1, 0.15) is 12.4 Å². The summed E-state index contributed by atoms with van der Waals surface area (Å²) >= 11 is 12.3. The Morgan fingerprint density at radius 2 is 1.66 bits per heavy atom. The first-order valence-corrected chi connectivity index (χ1v) is 10.4. The molecule has 6 nitrogen and oxygen atoms in total. The summed E-state index contributed by atoms with van der Waals surface area (Å²) in [6, 6.07) is 18.0. The van der Waals surface area contributed by atoms with Crippen LogP contribution in [0.2, 0.25) is 10.0 Å². The number of amides is 1. The first-order valence-electron chi connectivity index (χ1n) is 9.68. The fraction of sp³-hybridized carbons (Fsp3) is 0.167. The summed E-state index contributed by atoms with van der Waals surface area (Å²) in [7, 11) is 3.12. The van der Waals surface area contributed by atoms with Crippen molar-refractivity contribution in [2.24, 2.45) is 5.10 Å². The molecule has 0 radical (unpaired) electrons. The number of nitrogens with zero attached hydrogens (tertiary/aromatic N) is 1. The Hall–Kier alpha value is -3.22. The molecule has 166 valence electrons. The molecule has 0 unspecified atom stereocenters. The molecule has 0 aromatic heterocycles. The molecule has 0 fully saturated rings. The van der Waals surface area contributed by atoms with Crippen LogP contribution in [-0.4, -0.2) is 26.3 Å². The minimum Gasteiger partial charge on any atom is -0.497 e. The van der Waals surface area contributed by atoms with Crippen LogP contribution in [0.4, 0.5) is 0 Å². The highest BCUT2D eigenvalue weighted by Crippen LogP contribution is 2.36. The molecule has 3 aromatic rings. The monoisotopic (exact) mass is 472 g/mol. The van der Waals surface area contributed by atoms with Gasteiger partial charge in [-0.15, -0.1) is 0 Å². The number of carbonyl (C=O) groups excluding carboxylic acids is 1. The van der Waals surface area contributed by atoms with Gasteiger partial charge in [-0.1, -0.05) is 47.5 Å². The van der Waals surface area contributed by atoms with Crippen LogP contribution in [0, 0.1) is 0 Å². The molecule has 0 saturated carbocycles. The highest BCUT2D eigenvalue weighted by atomic mass is 35.5. The van der Waals surface area contributed by atoms with E-state index >= 15 is 0 Å². The molecule has 0 saturated heterocycles. The Morgan fingerprint density at radius 3 is 2.31 bits per heavy atom. The van der Waals surface area contributed by atoms with E-state index in [2.05, 4.69) is 10.5 Å². The molecular weight excluding hydrogens is 451 g/mol. The van der Waals surface area contributed by atoms with E-state index in [9.17, 15) is 4.79 Å². The van der Waals surface area contributed by atoms with Crippen molar-refractivity contribution in [3.8, 4) is 17.2 Å². The van der Waals surface area contributed by atoms with Gasteiger partial charge in [-0.2, -0.15) is 5.10 Å². The number of hydrogen-bond donors (Lipinski definition) is 1. The number of benzene rings is 3. The largest absolute Gasteiger partial charge is 0.497 e. The number of hydrogen-bond acceptors (Lipinski definition) is 5. The van der Waals surface area contributed by atoms with Crippen molar-refractivity contribution in [3.05, 3.63) is 87.4 Å². The molecule has 32 heavy (non-hydrogen) atoms. The number of carbonyl (C=O) groups is 1. The summed E-state index contributed by atoms with van der Waals surface area (Å²) in [5.74, 6) is 1.37. The van der Waals surface area contributed by atoms with Crippen molar-refractivity contribution < 1.29 is 19.0 Å². The maximum absolute atomic E-state index is 12.1. The Kier molecular flexibility index (Phi) is 8.36. The third-order valence-corrected chi connectivity index (χ3v) is 5.01. The van der Waals surface area contributed by atoms with E-state index in [0.29, 0.717) is 33.7 Å². The lowest BCUT2D eigenvalue weighted by atomic mass is 10.1. The van der Waals surface area contributed by atoms with Crippen LogP contribution in [0.1, 0.15) is 16.7 Å². The van der Waals surface area contributed by atoms with E-state index < -0.39 is 0 Å². The van der Waals surface area contributed by atoms with E-state index in [1.165, 1.54) is 13.3 Å². The molecule has 0 aliphatic heterocycles. The number of rotatable bonds is 9. The van der Waals surface area contributed by atoms with Gasteiger partial charge in [0.25, 0.3) is 0 Å². The average molecular weight is 473 g/mol. The zero-order valence-corrected chi connectivity index (χ0v) is 19.1. The number of halogens is 2. The minimum atomic E-state index is -0.243.